The van der Waals surface area contributed by atoms with Crippen molar-refractivity contribution in [2.24, 2.45) is 7.05 Å². The van der Waals surface area contributed by atoms with E-state index in [1.54, 1.807) is 23.7 Å². The number of terminal acetylenes is 1. The molecule has 0 saturated heterocycles. The fourth-order valence-electron chi connectivity index (χ4n) is 3.10. The summed E-state index contributed by atoms with van der Waals surface area (Å²) in [7, 11) is 1.64. The summed E-state index contributed by atoms with van der Waals surface area (Å²) in [6.45, 7) is 0. The number of fused-ring (bicyclic) bond motifs is 3. The number of alkyl halides is 3. The summed E-state index contributed by atoms with van der Waals surface area (Å²) in [5.74, 6) is 2.38. The van der Waals surface area contributed by atoms with Crippen molar-refractivity contribution in [3.63, 3.8) is 0 Å². The van der Waals surface area contributed by atoms with Crippen LogP contribution in [0.25, 0.3) is 27.8 Å². The van der Waals surface area contributed by atoms with Crippen LogP contribution in [-0.4, -0.2) is 19.1 Å². The molecule has 0 radical (unpaired) electrons. The molecule has 4 rings (SSSR count). The van der Waals surface area contributed by atoms with Crippen LogP contribution in [0.5, 0.6) is 0 Å². The number of pyridine rings is 2. The normalized spacial score (nSPS) is 11.9. The monoisotopic (exact) mass is 402 g/mol. The molecule has 0 aliphatic carbocycles. The van der Waals surface area contributed by atoms with Gasteiger partial charge < -0.3 is 4.57 Å². The molecule has 0 atom stereocenters. The molecule has 0 bridgehead atoms. The molecule has 0 fully saturated rings. The molecule has 9 heteroatoms. The first-order chi connectivity index (χ1) is 13.2. The van der Waals surface area contributed by atoms with Crippen molar-refractivity contribution in [3.8, 4) is 18.0 Å². The van der Waals surface area contributed by atoms with Gasteiger partial charge in [0.15, 0.2) is 5.52 Å². The van der Waals surface area contributed by atoms with Crippen LogP contribution in [0.2, 0.25) is 5.02 Å². The summed E-state index contributed by atoms with van der Waals surface area (Å²) in [6, 6.07) is 6.74. The average molecular weight is 403 g/mol. The van der Waals surface area contributed by atoms with Crippen LogP contribution in [0.4, 0.5) is 13.2 Å². The molecule has 0 saturated carbocycles. The molecule has 0 spiro atoms. The van der Waals surface area contributed by atoms with E-state index in [0.717, 1.165) is 10.6 Å². The predicted molar refractivity (Wildman–Crippen MR) is 99.6 cm³/mol. The van der Waals surface area contributed by atoms with Gasteiger partial charge in [-0.25, -0.2) is 9.97 Å². The first kappa shape index (κ1) is 18.1. The van der Waals surface area contributed by atoms with E-state index in [4.69, 9.17) is 18.0 Å². The van der Waals surface area contributed by atoms with Gasteiger partial charge in [0, 0.05) is 18.0 Å². The standard InChI is InChI=1S/C19H10ClF3N4O/c1-3-10-5-4-6-12(14(10)20)27-17-11(7-8-13(25-17)19(21,22)23)16-15(18(27)28)24-9-26(16)2/h1,4-9H,2H3. The molecule has 0 aliphatic heterocycles. The Labute approximate surface area is 161 Å². The lowest BCUT2D eigenvalue weighted by molar-refractivity contribution is -0.141. The van der Waals surface area contributed by atoms with Crippen LogP contribution in [-0.2, 0) is 13.2 Å². The van der Waals surface area contributed by atoms with Gasteiger partial charge in [-0.1, -0.05) is 23.6 Å². The van der Waals surface area contributed by atoms with Crippen molar-refractivity contribution >= 4 is 33.7 Å². The number of imidazole rings is 1. The van der Waals surface area contributed by atoms with E-state index in [9.17, 15) is 18.0 Å². The zero-order valence-corrected chi connectivity index (χ0v) is 15.0. The minimum atomic E-state index is -4.68. The summed E-state index contributed by atoms with van der Waals surface area (Å²) < 4.78 is 42.4. The zero-order chi connectivity index (χ0) is 20.2. The number of benzene rings is 1. The first-order valence-electron chi connectivity index (χ1n) is 7.93. The maximum atomic E-state index is 13.3. The molecule has 5 nitrogen and oxygen atoms in total. The van der Waals surface area contributed by atoms with Crippen molar-refractivity contribution in [1.29, 1.82) is 0 Å². The number of rotatable bonds is 1. The number of nitrogens with zero attached hydrogens (tertiary/aromatic N) is 4. The Bertz CT molecular complexity index is 1360. The summed E-state index contributed by atoms with van der Waals surface area (Å²) in [5.41, 5.74) is -1.07. The highest BCUT2D eigenvalue weighted by molar-refractivity contribution is 6.33. The molecule has 0 amide bonds. The molecule has 0 unspecified atom stereocenters. The molecular formula is C19H10ClF3N4O. The Morgan fingerprint density at radius 1 is 1.21 bits per heavy atom. The Balaban J connectivity index is 2.26. The van der Waals surface area contributed by atoms with E-state index in [0.29, 0.717) is 16.5 Å². The molecule has 3 aromatic heterocycles. The van der Waals surface area contributed by atoms with Crippen LogP contribution < -0.4 is 5.56 Å². The molecular weight excluding hydrogens is 393 g/mol. The van der Waals surface area contributed by atoms with Gasteiger partial charge in [0.2, 0.25) is 0 Å². The summed E-state index contributed by atoms with van der Waals surface area (Å²) in [6.07, 6.45) is 2.15. The second-order valence-electron chi connectivity index (χ2n) is 6.04. The second-order valence-corrected chi connectivity index (χ2v) is 6.42. The lowest BCUT2D eigenvalue weighted by atomic mass is 10.1. The second kappa shape index (κ2) is 6.11. The SMILES string of the molecule is C#Cc1cccc(-n2c(=O)c3ncn(C)c3c3ccc(C(F)(F)F)nc32)c1Cl. The van der Waals surface area contributed by atoms with Crippen LogP contribution in [0, 0.1) is 12.3 Å². The molecule has 0 N–H and O–H groups in total. The number of hydrogen-bond acceptors (Lipinski definition) is 3. The van der Waals surface area contributed by atoms with Crippen molar-refractivity contribution in [2.45, 2.75) is 6.18 Å². The highest BCUT2D eigenvalue weighted by Gasteiger charge is 2.33. The van der Waals surface area contributed by atoms with E-state index >= 15 is 0 Å². The molecule has 140 valence electrons. The fraction of sp³-hybridized carbons (Fsp3) is 0.105. The lowest BCUT2D eigenvalue weighted by Crippen LogP contribution is -2.22. The van der Waals surface area contributed by atoms with Crippen LogP contribution in [0.15, 0.2) is 41.5 Å². The van der Waals surface area contributed by atoms with Crippen LogP contribution in [0.3, 0.4) is 0 Å². The first-order valence-corrected chi connectivity index (χ1v) is 8.31. The van der Waals surface area contributed by atoms with E-state index in [1.807, 2.05) is 0 Å². The number of aromatic nitrogens is 4. The van der Waals surface area contributed by atoms with Crippen molar-refractivity contribution in [2.75, 3.05) is 0 Å². The molecule has 3 heterocycles. The van der Waals surface area contributed by atoms with Crippen LogP contribution in [0.1, 0.15) is 11.3 Å². The third-order valence-corrected chi connectivity index (χ3v) is 4.75. The van der Waals surface area contributed by atoms with E-state index in [1.165, 1.54) is 18.5 Å². The maximum Gasteiger partial charge on any atom is 0.433 e. The average Bonchev–Trinajstić information content (AvgIpc) is 3.04. The quantitative estimate of drug-likeness (QED) is 0.453. The van der Waals surface area contributed by atoms with Gasteiger partial charge in [-0.05, 0) is 24.3 Å². The van der Waals surface area contributed by atoms with E-state index in [2.05, 4.69) is 15.9 Å². The molecule has 0 aliphatic rings. The van der Waals surface area contributed by atoms with E-state index in [-0.39, 0.29) is 21.9 Å². The fourth-order valence-corrected chi connectivity index (χ4v) is 3.36. The smallest absolute Gasteiger partial charge is 0.333 e. The van der Waals surface area contributed by atoms with Gasteiger partial charge in [0.1, 0.15) is 11.3 Å². The van der Waals surface area contributed by atoms with Gasteiger partial charge in [0.05, 0.1) is 22.6 Å². The van der Waals surface area contributed by atoms with Crippen molar-refractivity contribution < 1.29 is 13.2 Å². The molecule has 28 heavy (non-hydrogen) atoms. The number of hydrogen-bond donors (Lipinski definition) is 0. The summed E-state index contributed by atoms with van der Waals surface area (Å²) in [5, 5.41) is 0.382. The third kappa shape index (κ3) is 2.55. The molecule has 4 aromatic rings. The Morgan fingerprint density at radius 3 is 2.64 bits per heavy atom. The number of aryl methyl sites for hydroxylation is 1. The van der Waals surface area contributed by atoms with Gasteiger partial charge >= 0.3 is 6.18 Å². The highest BCUT2D eigenvalue weighted by Crippen LogP contribution is 2.32. The minimum absolute atomic E-state index is 0.0582. The third-order valence-electron chi connectivity index (χ3n) is 4.35. The Kier molecular flexibility index (Phi) is 3.94. The summed E-state index contributed by atoms with van der Waals surface area (Å²) >= 11 is 6.32. The van der Waals surface area contributed by atoms with Crippen LogP contribution >= 0.6 is 11.6 Å². The van der Waals surface area contributed by atoms with Gasteiger partial charge in [-0.3, -0.25) is 9.36 Å². The van der Waals surface area contributed by atoms with Crippen molar-refractivity contribution in [3.05, 3.63) is 63.3 Å². The number of halogens is 4. The lowest BCUT2D eigenvalue weighted by Gasteiger charge is -2.15. The largest absolute Gasteiger partial charge is 0.433 e. The minimum Gasteiger partial charge on any atom is -0.333 e. The topological polar surface area (TPSA) is 52.7 Å². The zero-order valence-electron chi connectivity index (χ0n) is 14.3. The Hall–Kier alpha value is -3.31. The van der Waals surface area contributed by atoms with E-state index < -0.39 is 17.4 Å². The summed E-state index contributed by atoms with van der Waals surface area (Å²) in [4.78, 5) is 21.0. The molecule has 1 aromatic carbocycles. The Morgan fingerprint density at radius 2 is 1.96 bits per heavy atom. The van der Waals surface area contributed by atoms with Crippen molar-refractivity contribution in [1.82, 2.24) is 19.1 Å². The van der Waals surface area contributed by atoms with Gasteiger partial charge in [0.25, 0.3) is 5.56 Å². The predicted octanol–water partition coefficient (Wildman–Crippen LogP) is 3.93. The van der Waals surface area contributed by atoms with Gasteiger partial charge in [-0.15, -0.1) is 6.42 Å². The van der Waals surface area contributed by atoms with Gasteiger partial charge in [-0.2, -0.15) is 13.2 Å². The maximum absolute atomic E-state index is 13.3. The highest BCUT2D eigenvalue weighted by atomic mass is 35.5.